The Kier molecular flexibility index (Phi) is 4.04. The maximum absolute atomic E-state index is 11.4. The van der Waals surface area contributed by atoms with E-state index in [2.05, 4.69) is 0 Å². The van der Waals surface area contributed by atoms with Crippen LogP contribution in [0.5, 0.6) is 5.75 Å². The van der Waals surface area contributed by atoms with Crippen LogP contribution in [-0.4, -0.2) is 30.8 Å². The molecule has 0 unspecified atom stereocenters. The first-order valence-corrected chi connectivity index (χ1v) is 7.10. The number of hydrogen-bond acceptors (Lipinski definition) is 4. The van der Waals surface area contributed by atoms with Crippen LogP contribution >= 0.6 is 0 Å². The fourth-order valence-electron chi connectivity index (χ4n) is 2.14. The molecule has 1 heterocycles. The van der Waals surface area contributed by atoms with Crippen molar-refractivity contribution in [2.24, 2.45) is 5.73 Å². The van der Waals surface area contributed by atoms with Gasteiger partial charge >= 0.3 is 7.12 Å². The fourth-order valence-corrected chi connectivity index (χ4v) is 2.14. The van der Waals surface area contributed by atoms with Gasteiger partial charge in [0.15, 0.2) is 0 Å². The lowest BCUT2D eigenvalue weighted by Crippen LogP contribution is -2.41. The molecule has 6 heteroatoms. The van der Waals surface area contributed by atoms with Crippen molar-refractivity contribution < 1.29 is 18.8 Å². The zero-order valence-electron chi connectivity index (χ0n) is 13.2. The highest BCUT2D eigenvalue weighted by Crippen LogP contribution is 2.36. The van der Waals surface area contributed by atoms with E-state index in [-0.39, 0.29) is 0 Å². The van der Waals surface area contributed by atoms with E-state index in [0.29, 0.717) is 17.9 Å². The highest BCUT2D eigenvalue weighted by atomic mass is 16.7. The molecule has 1 saturated heterocycles. The summed E-state index contributed by atoms with van der Waals surface area (Å²) in [5.74, 6) is -0.0591. The van der Waals surface area contributed by atoms with Gasteiger partial charge in [0.05, 0.1) is 23.4 Å². The van der Waals surface area contributed by atoms with Gasteiger partial charge in [-0.1, -0.05) is 6.07 Å². The van der Waals surface area contributed by atoms with E-state index < -0.39 is 24.2 Å². The smallest absolute Gasteiger partial charge is 0.493 e. The molecule has 0 spiro atoms. The SMILES string of the molecule is CCOc1cc(B2OC(C)(C)C(C)(C)O2)ccc1C(N)=O. The van der Waals surface area contributed by atoms with Gasteiger partial charge in [0.2, 0.25) is 0 Å². The fraction of sp³-hybridized carbons (Fsp3) is 0.533. The lowest BCUT2D eigenvalue weighted by molar-refractivity contribution is 0.00578. The molecular formula is C15H22BNO4. The quantitative estimate of drug-likeness (QED) is 0.853. The van der Waals surface area contributed by atoms with Gasteiger partial charge in [0.25, 0.3) is 5.91 Å². The summed E-state index contributed by atoms with van der Waals surface area (Å²) in [6, 6.07) is 5.18. The van der Waals surface area contributed by atoms with E-state index in [0.717, 1.165) is 5.46 Å². The van der Waals surface area contributed by atoms with Gasteiger partial charge in [-0.3, -0.25) is 4.79 Å². The number of rotatable bonds is 4. The van der Waals surface area contributed by atoms with Crippen molar-refractivity contribution in [1.29, 1.82) is 0 Å². The minimum absolute atomic E-state index is 0.358. The van der Waals surface area contributed by atoms with Crippen molar-refractivity contribution in [3.05, 3.63) is 23.8 Å². The topological polar surface area (TPSA) is 70.8 Å². The standard InChI is InChI=1S/C15H22BNO4/c1-6-19-12-9-10(7-8-11(12)13(17)18)16-20-14(2,3)15(4,5)21-16/h7-9H,6H2,1-5H3,(H2,17,18). The van der Waals surface area contributed by atoms with Gasteiger partial charge in [-0.2, -0.15) is 0 Å². The summed E-state index contributed by atoms with van der Waals surface area (Å²) in [5.41, 5.74) is 5.70. The second-order valence-electron chi connectivity index (χ2n) is 6.14. The summed E-state index contributed by atoms with van der Waals surface area (Å²) in [5, 5.41) is 0. The Labute approximate surface area is 125 Å². The summed E-state index contributed by atoms with van der Waals surface area (Å²) in [6.07, 6.45) is 0. The van der Waals surface area contributed by atoms with Gasteiger partial charge in [0, 0.05) is 0 Å². The Morgan fingerprint density at radius 3 is 2.29 bits per heavy atom. The molecule has 5 nitrogen and oxygen atoms in total. The molecule has 1 aromatic carbocycles. The highest BCUT2D eigenvalue weighted by molar-refractivity contribution is 6.62. The van der Waals surface area contributed by atoms with Crippen molar-refractivity contribution in [2.45, 2.75) is 45.8 Å². The first kappa shape index (κ1) is 15.9. The molecule has 114 valence electrons. The number of amides is 1. The molecule has 1 aliphatic rings. The monoisotopic (exact) mass is 291 g/mol. The van der Waals surface area contributed by atoms with E-state index >= 15 is 0 Å². The molecule has 0 radical (unpaired) electrons. The van der Waals surface area contributed by atoms with E-state index in [9.17, 15) is 4.79 Å². The predicted molar refractivity (Wildman–Crippen MR) is 81.8 cm³/mol. The molecule has 1 aromatic rings. The summed E-state index contributed by atoms with van der Waals surface area (Å²) in [7, 11) is -0.490. The maximum atomic E-state index is 11.4. The Morgan fingerprint density at radius 2 is 1.81 bits per heavy atom. The van der Waals surface area contributed by atoms with E-state index in [1.54, 1.807) is 18.2 Å². The molecule has 2 rings (SSSR count). The van der Waals surface area contributed by atoms with Gasteiger partial charge in [-0.25, -0.2) is 0 Å². The molecule has 0 aliphatic carbocycles. The molecule has 0 bridgehead atoms. The molecule has 0 atom stereocenters. The lowest BCUT2D eigenvalue weighted by Gasteiger charge is -2.32. The van der Waals surface area contributed by atoms with Crippen LogP contribution in [0.25, 0.3) is 0 Å². The third-order valence-corrected chi connectivity index (χ3v) is 4.10. The van der Waals surface area contributed by atoms with Crippen molar-refractivity contribution in [1.82, 2.24) is 0 Å². The normalized spacial score (nSPS) is 19.6. The molecule has 1 aliphatic heterocycles. The average molecular weight is 291 g/mol. The summed E-state index contributed by atoms with van der Waals surface area (Å²) >= 11 is 0. The number of benzene rings is 1. The summed E-state index contributed by atoms with van der Waals surface area (Å²) in [4.78, 5) is 11.4. The Bertz CT molecular complexity index is 541. The zero-order chi connectivity index (χ0) is 15.8. The number of hydrogen-bond donors (Lipinski definition) is 1. The minimum Gasteiger partial charge on any atom is -0.493 e. The van der Waals surface area contributed by atoms with Crippen molar-refractivity contribution in [3.8, 4) is 5.75 Å². The van der Waals surface area contributed by atoms with E-state index in [1.165, 1.54) is 0 Å². The molecule has 0 aromatic heterocycles. The zero-order valence-corrected chi connectivity index (χ0v) is 13.2. The molecular weight excluding hydrogens is 269 g/mol. The van der Waals surface area contributed by atoms with Gasteiger partial charge in [-0.05, 0) is 52.2 Å². The van der Waals surface area contributed by atoms with E-state index in [4.69, 9.17) is 19.8 Å². The van der Waals surface area contributed by atoms with Gasteiger partial charge in [-0.15, -0.1) is 0 Å². The summed E-state index contributed by atoms with van der Waals surface area (Å²) in [6.45, 7) is 10.3. The van der Waals surface area contributed by atoms with Crippen LogP contribution in [0.1, 0.15) is 45.0 Å². The summed E-state index contributed by atoms with van der Waals surface area (Å²) < 4.78 is 17.5. The predicted octanol–water partition coefficient (Wildman–Crippen LogP) is 1.48. The van der Waals surface area contributed by atoms with Crippen molar-refractivity contribution in [2.75, 3.05) is 6.61 Å². The highest BCUT2D eigenvalue weighted by Gasteiger charge is 2.51. The molecule has 21 heavy (non-hydrogen) atoms. The Balaban J connectivity index is 2.34. The van der Waals surface area contributed by atoms with Crippen LogP contribution in [0, 0.1) is 0 Å². The van der Waals surface area contributed by atoms with Crippen LogP contribution in [-0.2, 0) is 9.31 Å². The number of carbonyl (C=O) groups is 1. The van der Waals surface area contributed by atoms with Crippen LogP contribution in [0.4, 0.5) is 0 Å². The first-order valence-electron chi connectivity index (χ1n) is 7.10. The Morgan fingerprint density at radius 1 is 1.24 bits per heavy atom. The average Bonchev–Trinajstić information content (AvgIpc) is 2.58. The third-order valence-electron chi connectivity index (χ3n) is 4.10. The largest absolute Gasteiger partial charge is 0.494 e. The minimum atomic E-state index is -0.515. The molecule has 1 fully saturated rings. The van der Waals surface area contributed by atoms with Crippen LogP contribution in [0.2, 0.25) is 0 Å². The maximum Gasteiger partial charge on any atom is 0.494 e. The van der Waals surface area contributed by atoms with Crippen LogP contribution in [0.3, 0.4) is 0 Å². The van der Waals surface area contributed by atoms with Crippen molar-refractivity contribution >= 4 is 18.5 Å². The van der Waals surface area contributed by atoms with Crippen LogP contribution in [0.15, 0.2) is 18.2 Å². The number of primary amides is 1. The Hall–Kier alpha value is -1.53. The van der Waals surface area contributed by atoms with Crippen molar-refractivity contribution in [3.63, 3.8) is 0 Å². The van der Waals surface area contributed by atoms with Gasteiger partial charge in [0.1, 0.15) is 5.75 Å². The number of nitrogens with two attached hydrogens (primary N) is 1. The van der Waals surface area contributed by atoms with E-state index in [1.807, 2.05) is 34.6 Å². The molecule has 1 amide bonds. The molecule has 2 N–H and O–H groups in total. The second-order valence-corrected chi connectivity index (χ2v) is 6.14. The molecule has 0 saturated carbocycles. The third kappa shape index (κ3) is 2.92. The number of carbonyl (C=O) groups excluding carboxylic acids is 1. The number of ether oxygens (including phenoxy) is 1. The first-order chi connectivity index (χ1) is 9.68. The van der Waals surface area contributed by atoms with Crippen LogP contribution < -0.4 is 15.9 Å². The lowest BCUT2D eigenvalue weighted by atomic mass is 9.78. The van der Waals surface area contributed by atoms with Gasteiger partial charge < -0.3 is 19.8 Å². The second kappa shape index (κ2) is 5.35.